The number of hydrogen-bond acceptors (Lipinski definition) is 5. The molecule has 0 bridgehead atoms. The van der Waals surface area contributed by atoms with Gasteiger partial charge in [-0.15, -0.1) is 11.3 Å². The van der Waals surface area contributed by atoms with Crippen molar-refractivity contribution in [1.29, 1.82) is 0 Å². The van der Waals surface area contributed by atoms with Gasteiger partial charge in [0.05, 0.1) is 23.3 Å². The van der Waals surface area contributed by atoms with Crippen LogP contribution in [-0.4, -0.2) is 21.5 Å². The molecule has 0 spiro atoms. The number of carbonyl (C=O) groups excluding carboxylic acids is 1. The molecule has 1 aromatic carbocycles. The Hall–Kier alpha value is -1.28. The summed E-state index contributed by atoms with van der Waals surface area (Å²) in [5.74, 6) is -0.627. The Morgan fingerprint density at radius 3 is 2.38 bits per heavy atom. The van der Waals surface area contributed by atoms with E-state index in [1.54, 1.807) is 0 Å². The van der Waals surface area contributed by atoms with Crippen molar-refractivity contribution in [3.05, 3.63) is 44.6 Å². The highest BCUT2D eigenvalue weighted by molar-refractivity contribution is 7.92. The number of halogens is 2. The van der Waals surface area contributed by atoms with Gasteiger partial charge in [0.1, 0.15) is 0 Å². The molecule has 0 saturated heterocycles. The van der Waals surface area contributed by atoms with E-state index >= 15 is 0 Å². The van der Waals surface area contributed by atoms with Crippen LogP contribution in [0.4, 0.5) is 5.69 Å². The van der Waals surface area contributed by atoms with E-state index in [0.717, 1.165) is 0 Å². The third-order valence-electron chi connectivity index (χ3n) is 2.46. The lowest BCUT2D eigenvalue weighted by molar-refractivity contribution is 0.0602. The summed E-state index contributed by atoms with van der Waals surface area (Å²) in [5, 5.41) is 3.38. The topological polar surface area (TPSA) is 72.5 Å². The number of anilines is 1. The number of nitrogens with one attached hydrogen (secondary N) is 1. The van der Waals surface area contributed by atoms with Crippen molar-refractivity contribution < 1.29 is 17.9 Å². The summed E-state index contributed by atoms with van der Waals surface area (Å²) < 4.78 is 31.5. The lowest BCUT2D eigenvalue weighted by Crippen LogP contribution is -2.15. The molecule has 0 amide bonds. The molecule has 5 nitrogen and oxygen atoms in total. The molecule has 2 aromatic rings. The molecule has 0 aliphatic rings. The SMILES string of the molecule is COC(=O)c1cscc1NS(=O)(=O)c1cc(Cl)cc(Cl)c1. The highest BCUT2D eigenvalue weighted by Crippen LogP contribution is 2.27. The molecule has 0 unspecified atom stereocenters. The molecule has 2 rings (SSSR count). The average molecular weight is 366 g/mol. The van der Waals surface area contributed by atoms with Gasteiger partial charge in [0.25, 0.3) is 10.0 Å². The van der Waals surface area contributed by atoms with Gasteiger partial charge < -0.3 is 4.74 Å². The second kappa shape index (κ2) is 6.23. The Kier molecular flexibility index (Phi) is 4.77. The average Bonchev–Trinajstić information content (AvgIpc) is 2.84. The van der Waals surface area contributed by atoms with Crippen LogP contribution in [0.5, 0.6) is 0 Å². The van der Waals surface area contributed by atoms with Gasteiger partial charge in [-0.2, -0.15) is 0 Å². The van der Waals surface area contributed by atoms with Crippen molar-refractivity contribution in [3.8, 4) is 0 Å². The summed E-state index contributed by atoms with van der Waals surface area (Å²) in [5.41, 5.74) is 0.280. The van der Waals surface area contributed by atoms with E-state index in [9.17, 15) is 13.2 Å². The minimum Gasteiger partial charge on any atom is -0.465 e. The zero-order valence-corrected chi connectivity index (χ0v) is 13.7. The van der Waals surface area contributed by atoms with Crippen LogP contribution in [0, 0.1) is 0 Å². The number of methoxy groups -OCH3 is 1. The second-order valence-electron chi connectivity index (χ2n) is 3.90. The van der Waals surface area contributed by atoms with Gasteiger partial charge in [-0.1, -0.05) is 23.2 Å². The quantitative estimate of drug-likeness (QED) is 0.839. The number of hydrogen-bond donors (Lipinski definition) is 1. The smallest absolute Gasteiger partial charge is 0.340 e. The number of thiophene rings is 1. The fourth-order valence-electron chi connectivity index (χ4n) is 1.53. The Labute approximate surface area is 135 Å². The molecule has 0 atom stereocenters. The first-order valence-corrected chi connectivity index (χ1v) is 8.65. The molecule has 0 fully saturated rings. The van der Waals surface area contributed by atoms with Crippen LogP contribution in [0.1, 0.15) is 10.4 Å². The second-order valence-corrected chi connectivity index (χ2v) is 7.20. The summed E-state index contributed by atoms with van der Waals surface area (Å²) in [6.45, 7) is 0. The predicted molar refractivity (Wildman–Crippen MR) is 82.9 cm³/mol. The van der Waals surface area contributed by atoms with E-state index in [4.69, 9.17) is 23.2 Å². The molecule has 0 aliphatic carbocycles. The number of sulfonamides is 1. The van der Waals surface area contributed by atoms with Crippen molar-refractivity contribution in [1.82, 2.24) is 0 Å². The maximum atomic E-state index is 12.3. The van der Waals surface area contributed by atoms with Gasteiger partial charge in [-0.25, -0.2) is 13.2 Å². The van der Waals surface area contributed by atoms with E-state index in [0.29, 0.717) is 0 Å². The van der Waals surface area contributed by atoms with Crippen molar-refractivity contribution in [2.45, 2.75) is 4.90 Å². The first-order valence-electron chi connectivity index (χ1n) is 5.47. The van der Waals surface area contributed by atoms with Gasteiger partial charge >= 0.3 is 5.97 Å². The van der Waals surface area contributed by atoms with Gasteiger partial charge in [-0.05, 0) is 18.2 Å². The van der Waals surface area contributed by atoms with E-state index in [1.807, 2.05) is 0 Å². The van der Waals surface area contributed by atoms with Crippen LogP contribution in [0.2, 0.25) is 10.0 Å². The zero-order chi connectivity index (χ0) is 15.6. The highest BCUT2D eigenvalue weighted by Gasteiger charge is 2.20. The highest BCUT2D eigenvalue weighted by atomic mass is 35.5. The molecule has 112 valence electrons. The van der Waals surface area contributed by atoms with Crippen molar-refractivity contribution in [2.24, 2.45) is 0 Å². The fraction of sp³-hybridized carbons (Fsp3) is 0.0833. The van der Waals surface area contributed by atoms with Crippen LogP contribution in [0.15, 0.2) is 33.9 Å². The third-order valence-corrected chi connectivity index (χ3v) is 4.98. The molecule has 1 heterocycles. The number of esters is 1. The zero-order valence-electron chi connectivity index (χ0n) is 10.6. The van der Waals surface area contributed by atoms with E-state index in [2.05, 4.69) is 9.46 Å². The third kappa shape index (κ3) is 3.68. The molecule has 21 heavy (non-hydrogen) atoms. The Morgan fingerprint density at radius 2 is 1.81 bits per heavy atom. The largest absolute Gasteiger partial charge is 0.465 e. The molecular weight excluding hydrogens is 357 g/mol. The van der Waals surface area contributed by atoms with Gasteiger partial charge in [0.2, 0.25) is 0 Å². The molecular formula is C12H9Cl2NO4S2. The minimum absolute atomic E-state index is 0.0954. The molecule has 0 aliphatic heterocycles. The number of ether oxygens (including phenoxy) is 1. The van der Waals surface area contributed by atoms with Crippen molar-refractivity contribution >= 4 is 56.2 Å². The van der Waals surface area contributed by atoms with Crippen LogP contribution in [0.3, 0.4) is 0 Å². The van der Waals surface area contributed by atoms with Gasteiger partial charge in [0.15, 0.2) is 0 Å². The first-order chi connectivity index (χ1) is 9.83. The molecule has 0 radical (unpaired) electrons. The number of benzene rings is 1. The summed E-state index contributed by atoms with van der Waals surface area (Å²) in [6.07, 6.45) is 0. The normalized spacial score (nSPS) is 11.2. The maximum absolute atomic E-state index is 12.3. The number of carbonyl (C=O) groups is 1. The van der Waals surface area contributed by atoms with Crippen LogP contribution in [-0.2, 0) is 14.8 Å². The van der Waals surface area contributed by atoms with Gasteiger partial charge in [0, 0.05) is 20.8 Å². The van der Waals surface area contributed by atoms with E-state index < -0.39 is 16.0 Å². The van der Waals surface area contributed by atoms with Crippen LogP contribution < -0.4 is 4.72 Å². The van der Waals surface area contributed by atoms with E-state index in [-0.39, 0.29) is 26.2 Å². The molecule has 1 aromatic heterocycles. The summed E-state index contributed by atoms with van der Waals surface area (Å²) in [4.78, 5) is 11.4. The fourth-order valence-corrected chi connectivity index (χ4v) is 4.15. The standard InChI is InChI=1S/C12H9Cl2NO4S2/c1-19-12(16)10-5-20-6-11(10)15-21(17,18)9-3-7(13)2-8(14)4-9/h2-6,15H,1H3. The minimum atomic E-state index is -3.91. The van der Waals surface area contributed by atoms with Crippen molar-refractivity contribution in [2.75, 3.05) is 11.8 Å². The lowest BCUT2D eigenvalue weighted by atomic mass is 10.3. The maximum Gasteiger partial charge on any atom is 0.340 e. The molecule has 0 saturated carbocycles. The van der Waals surface area contributed by atoms with Crippen LogP contribution in [0.25, 0.3) is 0 Å². The Balaban J connectivity index is 2.38. The Morgan fingerprint density at radius 1 is 1.19 bits per heavy atom. The molecule has 9 heteroatoms. The first kappa shape index (κ1) is 16.1. The summed E-state index contributed by atoms with van der Waals surface area (Å²) in [7, 11) is -2.70. The van der Waals surface area contributed by atoms with Gasteiger partial charge in [-0.3, -0.25) is 4.72 Å². The summed E-state index contributed by atoms with van der Waals surface area (Å²) >= 11 is 12.8. The summed E-state index contributed by atoms with van der Waals surface area (Å²) in [6, 6.07) is 3.95. The molecule has 1 N–H and O–H groups in total. The van der Waals surface area contributed by atoms with Crippen molar-refractivity contribution in [3.63, 3.8) is 0 Å². The number of rotatable bonds is 4. The predicted octanol–water partition coefficient (Wildman–Crippen LogP) is 3.64. The van der Waals surface area contributed by atoms with E-state index in [1.165, 1.54) is 47.4 Å². The van der Waals surface area contributed by atoms with Crippen LogP contribution >= 0.6 is 34.5 Å². The Bertz CT molecular complexity index is 766. The monoisotopic (exact) mass is 365 g/mol. The lowest BCUT2D eigenvalue weighted by Gasteiger charge is -2.09.